The molecule has 23 heavy (non-hydrogen) atoms. The van der Waals surface area contributed by atoms with Crippen molar-refractivity contribution in [2.75, 3.05) is 19.0 Å². The molecule has 1 amide bonds. The SMILES string of the molecule is COc1ccc([N+](=O)[O-])cc1OCC(=O)Nc1cc(C)nn1C. The monoisotopic (exact) mass is 320 g/mol. The molecule has 0 radical (unpaired) electrons. The number of nitrogens with one attached hydrogen (secondary N) is 1. The minimum atomic E-state index is -0.551. The fourth-order valence-corrected chi connectivity index (χ4v) is 1.94. The Bertz CT molecular complexity index is 741. The lowest BCUT2D eigenvalue weighted by Crippen LogP contribution is -2.21. The number of hydrogen-bond acceptors (Lipinski definition) is 6. The van der Waals surface area contributed by atoms with Crippen LogP contribution in [0.4, 0.5) is 11.5 Å². The van der Waals surface area contributed by atoms with Gasteiger partial charge in [-0.05, 0) is 13.0 Å². The van der Waals surface area contributed by atoms with Crippen molar-refractivity contribution in [3.8, 4) is 11.5 Å². The van der Waals surface area contributed by atoms with E-state index in [1.54, 1.807) is 20.0 Å². The molecule has 0 aliphatic carbocycles. The number of aromatic nitrogens is 2. The average Bonchev–Trinajstić information content (AvgIpc) is 2.82. The van der Waals surface area contributed by atoms with E-state index in [2.05, 4.69) is 10.4 Å². The summed E-state index contributed by atoms with van der Waals surface area (Å²) in [7, 11) is 3.11. The molecule has 1 heterocycles. The van der Waals surface area contributed by atoms with Gasteiger partial charge >= 0.3 is 0 Å². The summed E-state index contributed by atoms with van der Waals surface area (Å²) in [5, 5.41) is 17.5. The van der Waals surface area contributed by atoms with Crippen molar-refractivity contribution in [1.29, 1.82) is 0 Å². The number of carbonyl (C=O) groups is 1. The number of carbonyl (C=O) groups excluding carboxylic acids is 1. The van der Waals surface area contributed by atoms with Crippen LogP contribution in [0.5, 0.6) is 11.5 Å². The van der Waals surface area contributed by atoms with Crippen LogP contribution in [-0.2, 0) is 11.8 Å². The number of nitro benzene ring substituents is 1. The van der Waals surface area contributed by atoms with E-state index in [9.17, 15) is 14.9 Å². The van der Waals surface area contributed by atoms with Crippen molar-refractivity contribution >= 4 is 17.4 Å². The maximum Gasteiger partial charge on any atom is 0.273 e. The third-order valence-electron chi connectivity index (χ3n) is 2.99. The van der Waals surface area contributed by atoms with E-state index in [1.165, 1.54) is 30.0 Å². The highest BCUT2D eigenvalue weighted by Crippen LogP contribution is 2.31. The van der Waals surface area contributed by atoms with Gasteiger partial charge in [0.15, 0.2) is 18.1 Å². The lowest BCUT2D eigenvalue weighted by Gasteiger charge is -2.10. The Balaban J connectivity index is 2.04. The van der Waals surface area contributed by atoms with E-state index in [4.69, 9.17) is 9.47 Å². The first-order valence-corrected chi connectivity index (χ1v) is 6.66. The van der Waals surface area contributed by atoms with Crippen LogP contribution in [0, 0.1) is 17.0 Å². The first kappa shape index (κ1) is 16.3. The third-order valence-corrected chi connectivity index (χ3v) is 2.99. The molecule has 0 spiro atoms. The highest BCUT2D eigenvalue weighted by Gasteiger charge is 2.14. The van der Waals surface area contributed by atoms with E-state index in [-0.39, 0.29) is 18.0 Å². The average molecular weight is 320 g/mol. The highest BCUT2D eigenvalue weighted by molar-refractivity contribution is 5.91. The van der Waals surface area contributed by atoms with E-state index < -0.39 is 10.8 Å². The Morgan fingerprint density at radius 2 is 2.13 bits per heavy atom. The Morgan fingerprint density at radius 1 is 1.39 bits per heavy atom. The third kappa shape index (κ3) is 3.96. The van der Waals surface area contributed by atoms with Gasteiger partial charge in [0.1, 0.15) is 5.82 Å². The number of rotatable bonds is 6. The van der Waals surface area contributed by atoms with Crippen molar-refractivity contribution in [2.24, 2.45) is 7.05 Å². The number of methoxy groups -OCH3 is 1. The van der Waals surface area contributed by atoms with Crippen molar-refractivity contribution in [2.45, 2.75) is 6.92 Å². The Hall–Kier alpha value is -3.10. The Labute approximate surface area is 132 Å². The quantitative estimate of drug-likeness (QED) is 0.640. The fraction of sp³-hybridized carbons (Fsp3) is 0.286. The first-order valence-electron chi connectivity index (χ1n) is 6.66. The van der Waals surface area contributed by atoms with E-state index in [0.717, 1.165) is 5.69 Å². The molecule has 2 aromatic rings. The lowest BCUT2D eigenvalue weighted by atomic mass is 10.3. The van der Waals surface area contributed by atoms with Gasteiger partial charge in [-0.1, -0.05) is 0 Å². The summed E-state index contributed by atoms with van der Waals surface area (Å²) in [4.78, 5) is 22.2. The Kier molecular flexibility index (Phi) is 4.79. The van der Waals surface area contributed by atoms with Crippen LogP contribution >= 0.6 is 0 Å². The first-order chi connectivity index (χ1) is 10.9. The van der Waals surface area contributed by atoms with Crippen LogP contribution in [0.15, 0.2) is 24.3 Å². The van der Waals surface area contributed by atoms with Crippen LogP contribution in [0.1, 0.15) is 5.69 Å². The van der Waals surface area contributed by atoms with E-state index in [0.29, 0.717) is 11.6 Å². The summed E-state index contributed by atoms with van der Waals surface area (Å²) in [5.74, 6) is 0.543. The largest absolute Gasteiger partial charge is 0.493 e. The van der Waals surface area contributed by atoms with Crippen LogP contribution in [0.25, 0.3) is 0 Å². The molecular weight excluding hydrogens is 304 g/mol. The van der Waals surface area contributed by atoms with Gasteiger partial charge < -0.3 is 14.8 Å². The minimum Gasteiger partial charge on any atom is -0.493 e. The molecule has 0 bridgehead atoms. The Morgan fingerprint density at radius 3 is 2.70 bits per heavy atom. The summed E-state index contributed by atoms with van der Waals surface area (Å²) >= 11 is 0. The molecule has 122 valence electrons. The zero-order chi connectivity index (χ0) is 17.0. The second-order valence-corrected chi connectivity index (χ2v) is 4.72. The molecule has 1 N–H and O–H groups in total. The zero-order valence-corrected chi connectivity index (χ0v) is 12.9. The second kappa shape index (κ2) is 6.77. The predicted molar refractivity (Wildman–Crippen MR) is 81.7 cm³/mol. The lowest BCUT2D eigenvalue weighted by molar-refractivity contribution is -0.385. The molecule has 0 fully saturated rings. The topological polar surface area (TPSA) is 109 Å². The van der Waals surface area contributed by atoms with Gasteiger partial charge in [0.2, 0.25) is 0 Å². The molecule has 1 aromatic carbocycles. The van der Waals surface area contributed by atoms with E-state index in [1.807, 2.05) is 0 Å². The highest BCUT2D eigenvalue weighted by atomic mass is 16.6. The summed E-state index contributed by atoms with van der Waals surface area (Å²) in [5.41, 5.74) is 0.618. The molecule has 0 saturated heterocycles. The number of non-ortho nitro benzene ring substituents is 1. The van der Waals surface area contributed by atoms with Crippen LogP contribution in [0.3, 0.4) is 0 Å². The molecule has 0 atom stereocenters. The maximum absolute atomic E-state index is 11.9. The number of hydrogen-bond donors (Lipinski definition) is 1. The summed E-state index contributed by atoms with van der Waals surface area (Å²) < 4.78 is 11.9. The van der Waals surface area contributed by atoms with Gasteiger partial charge in [-0.2, -0.15) is 5.10 Å². The van der Waals surface area contributed by atoms with Crippen molar-refractivity contribution in [1.82, 2.24) is 9.78 Å². The normalized spacial score (nSPS) is 10.2. The number of nitrogens with zero attached hydrogens (tertiary/aromatic N) is 3. The zero-order valence-electron chi connectivity index (χ0n) is 12.9. The standard InChI is InChI=1S/C14H16N4O5/c1-9-6-13(17(2)16-9)15-14(19)8-23-12-7-10(18(20)21)4-5-11(12)22-3/h4-7H,8H2,1-3H3,(H,15,19). The summed E-state index contributed by atoms with van der Waals surface area (Å²) in [6.45, 7) is 1.49. The number of benzene rings is 1. The number of amides is 1. The van der Waals surface area contributed by atoms with Crippen molar-refractivity contribution in [3.63, 3.8) is 0 Å². The van der Waals surface area contributed by atoms with Gasteiger partial charge in [0.25, 0.3) is 11.6 Å². The van der Waals surface area contributed by atoms with Gasteiger partial charge in [-0.25, -0.2) is 0 Å². The van der Waals surface area contributed by atoms with Gasteiger partial charge in [-0.3, -0.25) is 19.6 Å². The number of nitro groups is 1. The second-order valence-electron chi connectivity index (χ2n) is 4.72. The number of aryl methyl sites for hydroxylation is 2. The predicted octanol–water partition coefficient (Wildman–Crippen LogP) is 1.66. The smallest absolute Gasteiger partial charge is 0.273 e. The molecule has 0 saturated carbocycles. The van der Waals surface area contributed by atoms with Crippen molar-refractivity contribution < 1.29 is 19.2 Å². The molecule has 2 rings (SSSR count). The van der Waals surface area contributed by atoms with Crippen molar-refractivity contribution in [3.05, 3.63) is 40.1 Å². The molecule has 0 aliphatic rings. The molecule has 9 nitrogen and oxygen atoms in total. The summed E-state index contributed by atoms with van der Waals surface area (Å²) in [6.07, 6.45) is 0. The molecule has 9 heteroatoms. The van der Waals surface area contributed by atoms with Crippen LogP contribution in [0.2, 0.25) is 0 Å². The number of anilines is 1. The van der Waals surface area contributed by atoms with E-state index >= 15 is 0 Å². The van der Waals surface area contributed by atoms with Crippen LogP contribution < -0.4 is 14.8 Å². The molecular formula is C14H16N4O5. The summed E-state index contributed by atoms with van der Waals surface area (Å²) in [6, 6.07) is 5.63. The molecule has 1 aromatic heterocycles. The number of ether oxygens (including phenoxy) is 2. The van der Waals surface area contributed by atoms with Gasteiger partial charge in [0.05, 0.1) is 23.8 Å². The minimum absolute atomic E-state index is 0.123. The fourth-order valence-electron chi connectivity index (χ4n) is 1.94. The maximum atomic E-state index is 11.9. The van der Waals surface area contributed by atoms with Crippen LogP contribution in [-0.4, -0.2) is 34.3 Å². The molecule has 0 unspecified atom stereocenters. The van der Waals surface area contributed by atoms with Gasteiger partial charge in [-0.15, -0.1) is 0 Å². The van der Waals surface area contributed by atoms with Gasteiger partial charge in [0, 0.05) is 19.2 Å². The molecule has 0 aliphatic heterocycles.